The Morgan fingerprint density at radius 1 is 1.21 bits per heavy atom. The van der Waals surface area contributed by atoms with Crippen molar-refractivity contribution < 1.29 is 8.78 Å². The molecule has 0 saturated heterocycles. The van der Waals surface area contributed by atoms with Gasteiger partial charge in [0.15, 0.2) is 0 Å². The van der Waals surface area contributed by atoms with Crippen LogP contribution in [0.25, 0.3) is 0 Å². The summed E-state index contributed by atoms with van der Waals surface area (Å²) in [4.78, 5) is 1.23. The van der Waals surface area contributed by atoms with Crippen LogP contribution >= 0.6 is 27.3 Å². The zero-order valence-corrected chi connectivity index (χ0v) is 12.8. The van der Waals surface area contributed by atoms with Crippen LogP contribution in [0.15, 0.2) is 34.1 Å². The molecule has 0 aliphatic carbocycles. The maximum absolute atomic E-state index is 13.0. The SMILES string of the molecule is CC(NCCc1cc(F)cc(F)c1)c1ccc(Br)s1. The van der Waals surface area contributed by atoms with Gasteiger partial charge >= 0.3 is 0 Å². The van der Waals surface area contributed by atoms with Crippen molar-refractivity contribution in [2.75, 3.05) is 6.54 Å². The van der Waals surface area contributed by atoms with Crippen LogP contribution in [0.1, 0.15) is 23.4 Å². The Bertz CT molecular complexity index is 536. The van der Waals surface area contributed by atoms with Gasteiger partial charge in [0, 0.05) is 17.0 Å². The first-order valence-corrected chi connectivity index (χ1v) is 7.59. The minimum Gasteiger partial charge on any atom is -0.309 e. The molecule has 1 N–H and O–H groups in total. The highest BCUT2D eigenvalue weighted by molar-refractivity contribution is 9.11. The van der Waals surface area contributed by atoms with Gasteiger partial charge in [0.25, 0.3) is 0 Å². The fourth-order valence-corrected chi connectivity index (χ4v) is 3.30. The van der Waals surface area contributed by atoms with Crippen molar-refractivity contribution in [2.24, 2.45) is 0 Å². The van der Waals surface area contributed by atoms with E-state index in [0.717, 1.165) is 9.85 Å². The molecule has 1 heterocycles. The largest absolute Gasteiger partial charge is 0.309 e. The molecule has 0 spiro atoms. The van der Waals surface area contributed by atoms with Crippen LogP contribution in [-0.2, 0) is 6.42 Å². The fourth-order valence-electron chi connectivity index (χ4n) is 1.85. The van der Waals surface area contributed by atoms with Crippen LogP contribution in [-0.4, -0.2) is 6.54 Å². The highest BCUT2D eigenvalue weighted by Gasteiger charge is 2.07. The standard InChI is InChI=1S/C14H14BrF2NS/c1-9(13-2-3-14(15)19-13)18-5-4-10-6-11(16)8-12(17)7-10/h2-3,6-9,18H,4-5H2,1H3. The van der Waals surface area contributed by atoms with Crippen molar-refractivity contribution in [2.45, 2.75) is 19.4 Å². The summed E-state index contributed by atoms with van der Waals surface area (Å²) in [5, 5.41) is 3.34. The summed E-state index contributed by atoms with van der Waals surface area (Å²) >= 11 is 5.11. The minimum atomic E-state index is -0.523. The molecule has 1 nitrogen and oxygen atoms in total. The Hall–Kier alpha value is -0.780. The molecule has 0 bridgehead atoms. The quantitative estimate of drug-likeness (QED) is 0.829. The van der Waals surface area contributed by atoms with E-state index in [9.17, 15) is 8.78 Å². The third-order valence-corrected chi connectivity index (χ3v) is 4.61. The normalized spacial score (nSPS) is 12.6. The lowest BCUT2D eigenvalue weighted by atomic mass is 10.1. The molecule has 19 heavy (non-hydrogen) atoms. The monoisotopic (exact) mass is 345 g/mol. The van der Waals surface area contributed by atoms with Crippen LogP contribution < -0.4 is 5.32 Å². The summed E-state index contributed by atoms with van der Waals surface area (Å²) < 4.78 is 27.1. The molecule has 1 unspecified atom stereocenters. The highest BCUT2D eigenvalue weighted by atomic mass is 79.9. The summed E-state index contributed by atoms with van der Waals surface area (Å²) in [7, 11) is 0. The average Bonchev–Trinajstić information content (AvgIpc) is 2.74. The smallest absolute Gasteiger partial charge is 0.126 e. The topological polar surface area (TPSA) is 12.0 Å². The van der Waals surface area contributed by atoms with Crippen molar-refractivity contribution in [3.8, 4) is 0 Å². The first-order valence-electron chi connectivity index (χ1n) is 5.98. The Balaban J connectivity index is 1.86. The third kappa shape index (κ3) is 4.37. The van der Waals surface area contributed by atoms with Crippen LogP contribution in [0.5, 0.6) is 0 Å². The Labute approximate surface area is 123 Å². The molecule has 5 heteroatoms. The van der Waals surface area contributed by atoms with E-state index in [-0.39, 0.29) is 6.04 Å². The third-order valence-electron chi connectivity index (χ3n) is 2.81. The molecular weight excluding hydrogens is 332 g/mol. The van der Waals surface area contributed by atoms with E-state index in [1.165, 1.54) is 17.0 Å². The molecule has 0 saturated carbocycles. The summed E-state index contributed by atoms with van der Waals surface area (Å²) in [6.07, 6.45) is 0.603. The molecule has 0 aliphatic heterocycles. The second-order valence-corrected chi connectivity index (χ2v) is 6.84. The van der Waals surface area contributed by atoms with E-state index in [1.54, 1.807) is 11.3 Å². The van der Waals surface area contributed by atoms with E-state index in [0.29, 0.717) is 18.5 Å². The van der Waals surface area contributed by atoms with E-state index in [4.69, 9.17) is 0 Å². The maximum Gasteiger partial charge on any atom is 0.126 e. The van der Waals surface area contributed by atoms with E-state index < -0.39 is 11.6 Å². The van der Waals surface area contributed by atoms with Crippen molar-refractivity contribution >= 4 is 27.3 Å². The van der Waals surface area contributed by atoms with Crippen molar-refractivity contribution in [3.63, 3.8) is 0 Å². The van der Waals surface area contributed by atoms with Gasteiger partial charge in [0.2, 0.25) is 0 Å². The number of hydrogen-bond donors (Lipinski definition) is 1. The lowest BCUT2D eigenvalue weighted by Gasteiger charge is -2.12. The Kier molecular flexibility index (Phi) is 5.07. The van der Waals surface area contributed by atoms with E-state index >= 15 is 0 Å². The van der Waals surface area contributed by atoms with Gasteiger partial charge in [-0.1, -0.05) is 0 Å². The average molecular weight is 346 g/mol. The lowest BCUT2D eigenvalue weighted by Crippen LogP contribution is -2.20. The molecule has 102 valence electrons. The number of rotatable bonds is 5. The number of halogens is 3. The summed E-state index contributed by atoms with van der Waals surface area (Å²) in [5.41, 5.74) is 0.671. The van der Waals surface area contributed by atoms with Crippen molar-refractivity contribution in [3.05, 3.63) is 56.2 Å². The Morgan fingerprint density at radius 2 is 1.89 bits per heavy atom. The van der Waals surface area contributed by atoms with Gasteiger partial charge in [-0.3, -0.25) is 0 Å². The highest BCUT2D eigenvalue weighted by Crippen LogP contribution is 2.26. The van der Waals surface area contributed by atoms with Crippen LogP contribution in [0, 0.1) is 11.6 Å². The molecule has 0 fully saturated rings. The number of benzene rings is 1. The number of hydrogen-bond acceptors (Lipinski definition) is 2. The zero-order valence-electron chi connectivity index (χ0n) is 10.4. The molecule has 0 amide bonds. The lowest BCUT2D eigenvalue weighted by molar-refractivity contribution is 0.567. The molecule has 0 radical (unpaired) electrons. The zero-order chi connectivity index (χ0) is 13.8. The Morgan fingerprint density at radius 3 is 2.47 bits per heavy atom. The molecular formula is C14H14BrF2NS. The van der Waals surface area contributed by atoms with E-state index in [2.05, 4.69) is 34.2 Å². The van der Waals surface area contributed by atoms with E-state index in [1.807, 2.05) is 6.07 Å². The van der Waals surface area contributed by atoms with Gasteiger partial charge in [-0.05, 0) is 65.6 Å². The summed E-state index contributed by atoms with van der Waals surface area (Å²) in [6, 6.07) is 7.94. The maximum atomic E-state index is 13.0. The number of nitrogens with one attached hydrogen (secondary N) is 1. The second-order valence-electron chi connectivity index (χ2n) is 4.35. The van der Waals surface area contributed by atoms with Gasteiger partial charge in [-0.15, -0.1) is 11.3 Å². The molecule has 1 aromatic heterocycles. The predicted molar refractivity (Wildman–Crippen MR) is 78.5 cm³/mol. The van der Waals surface area contributed by atoms with Gasteiger partial charge in [-0.2, -0.15) is 0 Å². The van der Waals surface area contributed by atoms with Gasteiger partial charge in [0.05, 0.1) is 3.79 Å². The first kappa shape index (κ1) is 14.6. The van der Waals surface area contributed by atoms with Gasteiger partial charge in [0.1, 0.15) is 11.6 Å². The molecule has 2 aromatic rings. The van der Waals surface area contributed by atoms with Crippen molar-refractivity contribution in [1.29, 1.82) is 0 Å². The van der Waals surface area contributed by atoms with Gasteiger partial charge in [-0.25, -0.2) is 8.78 Å². The van der Waals surface area contributed by atoms with Crippen LogP contribution in [0.2, 0.25) is 0 Å². The van der Waals surface area contributed by atoms with Crippen LogP contribution in [0.4, 0.5) is 8.78 Å². The van der Waals surface area contributed by atoms with Crippen molar-refractivity contribution in [1.82, 2.24) is 5.32 Å². The fraction of sp³-hybridized carbons (Fsp3) is 0.286. The second kappa shape index (κ2) is 6.59. The number of thiophene rings is 1. The molecule has 1 atom stereocenters. The molecule has 0 aliphatic rings. The summed E-state index contributed by atoms with van der Waals surface area (Å²) in [6.45, 7) is 2.75. The minimum absolute atomic E-state index is 0.231. The molecule has 1 aromatic carbocycles. The molecule has 2 rings (SSSR count). The summed E-state index contributed by atoms with van der Waals surface area (Å²) in [5.74, 6) is -1.05. The first-order chi connectivity index (χ1) is 9.04. The van der Waals surface area contributed by atoms with Gasteiger partial charge < -0.3 is 5.32 Å². The van der Waals surface area contributed by atoms with Crippen LogP contribution in [0.3, 0.4) is 0 Å². The predicted octanol–water partition coefficient (Wildman–Crippen LogP) is 4.68.